The Morgan fingerprint density at radius 1 is 0.600 bits per heavy atom. The summed E-state index contributed by atoms with van der Waals surface area (Å²) >= 11 is 0. The van der Waals surface area contributed by atoms with Gasteiger partial charge in [-0.1, -0.05) is 120 Å². The molecule has 0 aliphatic carbocycles. The molecule has 0 heterocycles. The first-order valence-electron chi connectivity index (χ1n) is 19.3. The Balaban J connectivity index is 4.34. The Labute approximate surface area is 304 Å². The summed E-state index contributed by atoms with van der Waals surface area (Å²) in [5.74, 6) is -0.912. The number of carbonyl (C=O) groups is 2. The molecule has 288 valence electrons. The van der Waals surface area contributed by atoms with E-state index in [0.717, 1.165) is 64.2 Å². The van der Waals surface area contributed by atoms with Crippen molar-refractivity contribution in [1.29, 1.82) is 0 Å². The lowest BCUT2D eigenvalue weighted by Gasteiger charge is -2.19. The van der Waals surface area contributed by atoms with E-state index in [9.17, 15) is 19.0 Å². The highest BCUT2D eigenvalue weighted by molar-refractivity contribution is 7.47. The molecule has 0 aromatic rings. The summed E-state index contributed by atoms with van der Waals surface area (Å²) in [6.45, 7) is 3.58. The van der Waals surface area contributed by atoms with Gasteiger partial charge in [-0.25, -0.2) is 4.57 Å². The van der Waals surface area contributed by atoms with Gasteiger partial charge in [-0.3, -0.25) is 18.6 Å². The standard InChI is InChI=1S/C40H70NO8P/c1-3-5-7-9-11-13-15-17-18-19-20-21-23-24-26-28-30-32-39(42)46-36-38(37-48-50(44,45)47-35-34-41)49-40(43)33-31-29-27-25-22-16-14-12-10-8-6-4-2/h11-14,17-18,20-21,24,26,38H,3-10,15-16,19,22-23,25,27-37,41H2,1-2H3,(H,44,45)/b13-11-,14-12-,18-17-,21-20-,26-24-/t38-/m1/s1. The number of hydrogen-bond donors (Lipinski definition) is 2. The molecule has 0 aliphatic heterocycles. The normalized spacial score (nSPS) is 14.1. The molecule has 0 saturated carbocycles. The van der Waals surface area contributed by atoms with E-state index in [1.54, 1.807) is 0 Å². The number of phosphoric ester groups is 1. The van der Waals surface area contributed by atoms with Crippen LogP contribution in [-0.2, 0) is 32.7 Å². The lowest BCUT2D eigenvalue weighted by molar-refractivity contribution is -0.161. The zero-order chi connectivity index (χ0) is 36.8. The smallest absolute Gasteiger partial charge is 0.462 e. The Morgan fingerprint density at radius 2 is 1.06 bits per heavy atom. The minimum absolute atomic E-state index is 0.0424. The van der Waals surface area contributed by atoms with Crippen molar-refractivity contribution in [3.05, 3.63) is 60.8 Å². The van der Waals surface area contributed by atoms with E-state index in [2.05, 4.69) is 68.5 Å². The highest BCUT2D eigenvalue weighted by Gasteiger charge is 2.25. The monoisotopic (exact) mass is 723 g/mol. The second-order valence-corrected chi connectivity index (χ2v) is 13.9. The molecule has 1 unspecified atom stereocenters. The Morgan fingerprint density at radius 3 is 1.62 bits per heavy atom. The van der Waals surface area contributed by atoms with Crippen molar-refractivity contribution in [2.24, 2.45) is 5.73 Å². The first-order valence-corrected chi connectivity index (χ1v) is 20.8. The zero-order valence-electron chi connectivity index (χ0n) is 31.4. The minimum atomic E-state index is -4.39. The average molecular weight is 724 g/mol. The summed E-state index contributed by atoms with van der Waals surface area (Å²) in [5.41, 5.74) is 5.32. The number of esters is 2. The van der Waals surface area contributed by atoms with Gasteiger partial charge in [0.2, 0.25) is 0 Å². The maximum atomic E-state index is 12.5. The molecule has 0 aromatic carbocycles. The molecule has 2 atom stereocenters. The summed E-state index contributed by atoms with van der Waals surface area (Å²) in [7, 11) is -4.39. The van der Waals surface area contributed by atoms with Gasteiger partial charge in [-0.05, 0) is 77.0 Å². The van der Waals surface area contributed by atoms with Crippen molar-refractivity contribution in [2.75, 3.05) is 26.4 Å². The summed E-state index contributed by atoms with van der Waals surface area (Å²) in [6.07, 6.45) is 41.1. The molecule has 9 nitrogen and oxygen atoms in total. The first kappa shape index (κ1) is 47.7. The number of rotatable bonds is 35. The third kappa shape index (κ3) is 35.5. The van der Waals surface area contributed by atoms with E-state index in [1.807, 2.05) is 6.08 Å². The van der Waals surface area contributed by atoms with Gasteiger partial charge in [-0.15, -0.1) is 0 Å². The van der Waals surface area contributed by atoms with Gasteiger partial charge in [0, 0.05) is 19.4 Å². The SMILES string of the molecule is CCCCC/C=C\C/C=C\C/C=C\C/C=C\CCCC(=O)OC[C@H](COP(=O)(O)OCCN)OC(=O)CCCCCCC/C=C\CCCCC. The fraction of sp³-hybridized carbons (Fsp3) is 0.700. The van der Waals surface area contributed by atoms with Crippen LogP contribution in [-0.4, -0.2) is 49.3 Å². The van der Waals surface area contributed by atoms with Crippen LogP contribution in [0, 0.1) is 0 Å². The van der Waals surface area contributed by atoms with Gasteiger partial charge in [0.1, 0.15) is 6.61 Å². The molecule has 50 heavy (non-hydrogen) atoms. The second-order valence-electron chi connectivity index (χ2n) is 12.4. The van der Waals surface area contributed by atoms with E-state index in [-0.39, 0.29) is 32.6 Å². The lowest BCUT2D eigenvalue weighted by Crippen LogP contribution is -2.29. The van der Waals surface area contributed by atoms with Crippen LogP contribution in [0.15, 0.2) is 60.8 Å². The zero-order valence-corrected chi connectivity index (χ0v) is 32.3. The van der Waals surface area contributed by atoms with Crippen molar-refractivity contribution in [3.8, 4) is 0 Å². The number of ether oxygens (including phenoxy) is 2. The van der Waals surface area contributed by atoms with Gasteiger partial charge >= 0.3 is 19.8 Å². The highest BCUT2D eigenvalue weighted by Crippen LogP contribution is 2.43. The molecule has 0 spiro atoms. The van der Waals surface area contributed by atoms with Crippen LogP contribution in [0.4, 0.5) is 0 Å². The van der Waals surface area contributed by atoms with Crippen molar-refractivity contribution in [3.63, 3.8) is 0 Å². The van der Waals surface area contributed by atoms with Crippen LogP contribution in [0.2, 0.25) is 0 Å². The molecule has 0 bridgehead atoms. The Hall–Kier alpha value is -2.29. The molecule has 10 heteroatoms. The van der Waals surface area contributed by atoms with Gasteiger partial charge in [0.15, 0.2) is 6.10 Å². The highest BCUT2D eigenvalue weighted by atomic mass is 31.2. The third-order valence-electron chi connectivity index (χ3n) is 7.63. The number of nitrogens with two attached hydrogens (primary N) is 1. The van der Waals surface area contributed by atoms with Gasteiger partial charge in [0.05, 0.1) is 13.2 Å². The number of hydrogen-bond acceptors (Lipinski definition) is 8. The minimum Gasteiger partial charge on any atom is -0.462 e. The fourth-order valence-corrected chi connectivity index (χ4v) is 5.50. The molecule has 3 N–H and O–H groups in total. The van der Waals surface area contributed by atoms with Crippen LogP contribution in [0.5, 0.6) is 0 Å². The predicted molar refractivity (Wildman–Crippen MR) is 206 cm³/mol. The molecule has 0 aromatic heterocycles. The summed E-state index contributed by atoms with van der Waals surface area (Å²) in [4.78, 5) is 34.7. The average Bonchev–Trinajstić information content (AvgIpc) is 3.10. The second kappa shape index (κ2) is 36.5. The van der Waals surface area contributed by atoms with Crippen molar-refractivity contribution in [1.82, 2.24) is 0 Å². The number of phosphoric acid groups is 1. The maximum Gasteiger partial charge on any atom is 0.472 e. The van der Waals surface area contributed by atoms with Crippen molar-refractivity contribution >= 4 is 19.8 Å². The molecule has 0 amide bonds. The largest absolute Gasteiger partial charge is 0.472 e. The van der Waals surface area contributed by atoms with E-state index in [0.29, 0.717) is 12.8 Å². The lowest BCUT2D eigenvalue weighted by atomic mass is 10.1. The predicted octanol–water partition coefficient (Wildman–Crippen LogP) is 10.5. The Kier molecular flexibility index (Phi) is 34.8. The van der Waals surface area contributed by atoms with E-state index in [4.69, 9.17) is 24.3 Å². The van der Waals surface area contributed by atoms with Crippen LogP contribution in [0.3, 0.4) is 0 Å². The topological polar surface area (TPSA) is 134 Å². The maximum absolute atomic E-state index is 12.5. The van der Waals surface area contributed by atoms with Crippen LogP contribution >= 0.6 is 7.82 Å². The van der Waals surface area contributed by atoms with Crippen LogP contribution in [0.25, 0.3) is 0 Å². The molecular weight excluding hydrogens is 653 g/mol. The molecule has 0 aliphatic rings. The van der Waals surface area contributed by atoms with Gasteiger partial charge in [-0.2, -0.15) is 0 Å². The first-order chi connectivity index (χ1) is 24.3. The molecule has 0 fully saturated rings. The van der Waals surface area contributed by atoms with Gasteiger partial charge < -0.3 is 20.1 Å². The molecule has 0 radical (unpaired) electrons. The van der Waals surface area contributed by atoms with Gasteiger partial charge in [0.25, 0.3) is 0 Å². The molecule has 0 rings (SSSR count). The molecule has 0 saturated heterocycles. The van der Waals surface area contributed by atoms with Crippen molar-refractivity contribution in [2.45, 2.75) is 155 Å². The number of carbonyl (C=O) groups excluding carboxylic acids is 2. The number of unbranched alkanes of at least 4 members (excludes halogenated alkanes) is 12. The van der Waals surface area contributed by atoms with Crippen LogP contribution < -0.4 is 5.73 Å². The summed E-state index contributed by atoms with van der Waals surface area (Å²) in [6, 6.07) is 0. The molecular formula is C40H70NO8P. The quantitative estimate of drug-likeness (QED) is 0.0283. The number of allylic oxidation sites excluding steroid dienone is 10. The summed E-state index contributed by atoms with van der Waals surface area (Å²) < 4.78 is 32.6. The van der Waals surface area contributed by atoms with E-state index >= 15 is 0 Å². The van der Waals surface area contributed by atoms with E-state index < -0.39 is 32.5 Å². The third-order valence-corrected chi connectivity index (χ3v) is 8.61. The van der Waals surface area contributed by atoms with Crippen LogP contribution in [0.1, 0.15) is 149 Å². The summed E-state index contributed by atoms with van der Waals surface area (Å²) in [5, 5.41) is 0. The Bertz CT molecular complexity index is 1010. The fourth-order valence-electron chi connectivity index (χ4n) is 4.74. The van der Waals surface area contributed by atoms with Crippen molar-refractivity contribution < 1.29 is 37.6 Å². The van der Waals surface area contributed by atoms with E-state index in [1.165, 1.54) is 44.9 Å².